The van der Waals surface area contributed by atoms with Gasteiger partial charge in [0.1, 0.15) is 11.5 Å². The van der Waals surface area contributed by atoms with E-state index in [-0.39, 0.29) is 12.2 Å². The van der Waals surface area contributed by atoms with Gasteiger partial charge in [-0.2, -0.15) is 0 Å². The van der Waals surface area contributed by atoms with Crippen LogP contribution in [0.3, 0.4) is 0 Å². The first-order chi connectivity index (χ1) is 14.0. The highest BCUT2D eigenvalue weighted by Crippen LogP contribution is 2.42. The molecule has 1 N–H and O–H groups in total. The van der Waals surface area contributed by atoms with Crippen molar-refractivity contribution >= 4 is 28.2 Å². The maximum absolute atomic E-state index is 12.9. The van der Waals surface area contributed by atoms with E-state index in [1.54, 1.807) is 23.1 Å². The number of hydrogen-bond donors (Lipinski definition) is 1. The SMILES string of the molecule is CC(=O)CC1(O)C(=O)N(CCCOc2cccc3ccccc23)c2ccccc21. The summed E-state index contributed by atoms with van der Waals surface area (Å²) in [6, 6.07) is 21.1. The Kier molecular flexibility index (Phi) is 5.07. The van der Waals surface area contributed by atoms with Gasteiger partial charge in [-0.3, -0.25) is 9.59 Å². The predicted molar refractivity (Wildman–Crippen MR) is 112 cm³/mol. The Morgan fingerprint density at radius 2 is 1.76 bits per heavy atom. The molecule has 29 heavy (non-hydrogen) atoms. The summed E-state index contributed by atoms with van der Waals surface area (Å²) < 4.78 is 5.96. The summed E-state index contributed by atoms with van der Waals surface area (Å²) in [5, 5.41) is 13.1. The van der Waals surface area contributed by atoms with Gasteiger partial charge in [0.15, 0.2) is 5.60 Å². The molecule has 0 aromatic heterocycles. The zero-order valence-corrected chi connectivity index (χ0v) is 16.3. The monoisotopic (exact) mass is 389 g/mol. The quantitative estimate of drug-likeness (QED) is 0.624. The average Bonchev–Trinajstić information content (AvgIpc) is 2.92. The topological polar surface area (TPSA) is 66.8 Å². The van der Waals surface area contributed by atoms with Gasteiger partial charge >= 0.3 is 0 Å². The molecule has 1 amide bonds. The van der Waals surface area contributed by atoms with Gasteiger partial charge in [-0.25, -0.2) is 0 Å². The maximum atomic E-state index is 12.9. The Balaban J connectivity index is 1.46. The lowest BCUT2D eigenvalue weighted by molar-refractivity contribution is -0.141. The Hall–Kier alpha value is -3.18. The van der Waals surface area contributed by atoms with E-state index in [9.17, 15) is 14.7 Å². The molecule has 148 valence electrons. The molecule has 1 heterocycles. The van der Waals surface area contributed by atoms with Crippen molar-refractivity contribution in [3.05, 3.63) is 72.3 Å². The molecule has 0 aliphatic carbocycles. The smallest absolute Gasteiger partial charge is 0.264 e. The third-order valence-electron chi connectivity index (χ3n) is 5.28. The molecular weight excluding hydrogens is 366 g/mol. The van der Waals surface area contributed by atoms with Gasteiger partial charge in [0.05, 0.1) is 12.3 Å². The molecule has 0 radical (unpaired) electrons. The highest BCUT2D eigenvalue weighted by molar-refractivity contribution is 6.08. The van der Waals surface area contributed by atoms with E-state index in [0.717, 1.165) is 16.5 Å². The number of nitrogens with zero attached hydrogens (tertiary/aromatic N) is 1. The van der Waals surface area contributed by atoms with Crippen molar-refractivity contribution in [2.45, 2.75) is 25.4 Å². The van der Waals surface area contributed by atoms with Crippen LogP contribution in [-0.4, -0.2) is 29.9 Å². The van der Waals surface area contributed by atoms with E-state index in [2.05, 4.69) is 0 Å². The third-order valence-corrected chi connectivity index (χ3v) is 5.28. The molecule has 1 atom stereocenters. The summed E-state index contributed by atoms with van der Waals surface area (Å²) in [4.78, 5) is 26.1. The molecule has 3 aromatic carbocycles. The minimum Gasteiger partial charge on any atom is -0.493 e. The van der Waals surface area contributed by atoms with Crippen molar-refractivity contribution in [3.63, 3.8) is 0 Å². The second-order valence-corrected chi connectivity index (χ2v) is 7.39. The highest BCUT2D eigenvalue weighted by Gasteiger charge is 2.49. The van der Waals surface area contributed by atoms with Gasteiger partial charge < -0.3 is 14.7 Å². The number of hydrogen-bond acceptors (Lipinski definition) is 4. The van der Waals surface area contributed by atoms with Crippen molar-refractivity contribution in [1.82, 2.24) is 0 Å². The van der Waals surface area contributed by atoms with E-state index in [4.69, 9.17) is 4.74 Å². The number of aliphatic hydroxyl groups is 1. The van der Waals surface area contributed by atoms with Crippen LogP contribution in [0, 0.1) is 0 Å². The molecule has 0 fully saturated rings. The van der Waals surface area contributed by atoms with Gasteiger partial charge in [-0.15, -0.1) is 0 Å². The van der Waals surface area contributed by atoms with E-state index in [1.807, 2.05) is 48.5 Å². The number of rotatable bonds is 7. The minimum absolute atomic E-state index is 0.216. The fraction of sp³-hybridized carbons (Fsp3) is 0.250. The van der Waals surface area contributed by atoms with Crippen LogP contribution in [0.1, 0.15) is 25.3 Å². The summed E-state index contributed by atoms with van der Waals surface area (Å²) in [6.45, 7) is 2.22. The van der Waals surface area contributed by atoms with E-state index in [0.29, 0.717) is 30.8 Å². The van der Waals surface area contributed by atoms with E-state index in [1.165, 1.54) is 6.92 Å². The standard InChI is InChI=1S/C24H23NO4/c1-17(26)16-24(28)20-11-4-5-12-21(20)25(23(24)27)14-7-15-29-22-13-6-9-18-8-2-3-10-19(18)22/h2-6,8-13,28H,7,14-16H2,1H3. The number of fused-ring (bicyclic) bond motifs is 2. The highest BCUT2D eigenvalue weighted by atomic mass is 16.5. The molecule has 1 unspecified atom stereocenters. The third kappa shape index (κ3) is 3.49. The molecule has 1 aliphatic rings. The molecule has 3 aromatic rings. The summed E-state index contributed by atoms with van der Waals surface area (Å²) in [5.41, 5.74) is -0.625. The second kappa shape index (κ2) is 7.68. The molecule has 0 saturated heterocycles. The van der Waals surface area contributed by atoms with Crippen LogP contribution >= 0.6 is 0 Å². The zero-order chi connectivity index (χ0) is 20.4. The fourth-order valence-electron chi connectivity index (χ4n) is 3.99. The first-order valence-electron chi connectivity index (χ1n) is 9.74. The van der Waals surface area contributed by atoms with Crippen LogP contribution in [-0.2, 0) is 15.2 Å². The average molecular weight is 389 g/mol. The molecule has 1 aliphatic heterocycles. The lowest BCUT2D eigenvalue weighted by Crippen LogP contribution is -2.42. The Bertz CT molecular complexity index is 1070. The largest absolute Gasteiger partial charge is 0.493 e. The van der Waals surface area contributed by atoms with Gasteiger partial charge in [-0.05, 0) is 30.9 Å². The summed E-state index contributed by atoms with van der Waals surface area (Å²) in [6.07, 6.45) is 0.380. The number of benzene rings is 3. The van der Waals surface area contributed by atoms with Gasteiger partial charge in [-0.1, -0.05) is 54.6 Å². The first-order valence-corrected chi connectivity index (χ1v) is 9.74. The van der Waals surface area contributed by atoms with Crippen molar-refractivity contribution in [2.75, 3.05) is 18.1 Å². The van der Waals surface area contributed by atoms with Crippen molar-refractivity contribution in [3.8, 4) is 5.75 Å². The molecule has 5 heteroatoms. The van der Waals surface area contributed by atoms with Crippen molar-refractivity contribution in [1.29, 1.82) is 0 Å². The number of ketones is 1. The molecule has 4 rings (SSSR count). The molecule has 0 spiro atoms. The van der Waals surface area contributed by atoms with Crippen LogP contribution in [0.15, 0.2) is 66.7 Å². The summed E-state index contributed by atoms with van der Waals surface area (Å²) in [5.74, 6) is 0.139. The number of para-hydroxylation sites is 1. The Labute approximate surface area is 169 Å². The molecule has 0 bridgehead atoms. The van der Waals surface area contributed by atoms with Crippen molar-refractivity contribution in [2.24, 2.45) is 0 Å². The predicted octanol–water partition coefficient (Wildman–Crippen LogP) is 3.82. The van der Waals surface area contributed by atoms with Crippen LogP contribution in [0.4, 0.5) is 5.69 Å². The summed E-state index contributed by atoms with van der Waals surface area (Å²) >= 11 is 0. The number of ether oxygens (including phenoxy) is 1. The van der Waals surface area contributed by atoms with Crippen LogP contribution in [0.5, 0.6) is 5.75 Å². The maximum Gasteiger partial charge on any atom is 0.264 e. The van der Waals surface area contributed by atoms with Gasteiger partial charge in [0.2, 0.25) is 0 Å². The molecule has 5 nitrogen and oxygen atoms in total. The zero-order valence-electron chi connectivity index (χ0n) is 16.3. The lowest BCUT2D eigenvalue weighted by Gasteiger charge is -2.22. The van der Waals surface area contributed by atoms with E-state index < -0.39 is 11.5 Å². The van der Waals surface area contributed by atoms with Crippen LogP contribution < -0.4 is 9.64 Å². The number of amides is 1. The minimum atomic E-state index is -1.78. The number of carbonyl (C=O) groups is 2. The lowest BCUT2D eigenvalue weighted by atomic mass is 9.90. The van der Waals surface area contributed by atoms with Crippen LogP contribution in [0.25, 0.3) is 10.8 Å². The number of Topliss-reactive ketones (excluding diaryl/α,β-unsaturated/α-hetero) is 1. The van der Waals surface area contributed by atoms with Crippen LogP contribution in [0.2, 0.25) is 0 Å². The normalized spacial score (nSPS) is 18.1. The van der Waals surface area contributed by atoms with Gasteiger partial charge in [0.25, 0.3) is 5.91 Å². The Morgan fingerprint density at radius 1 is 1.03 bits per heavy atom. The second-order valence-electron chi connectivity index (χ2n) is 7.39. The molecular formula is C24H23NO4. The Morgan fingerprint density at radius 3 is 2.59 bits per heavy atom. The fourth-order valence-corrected chi connectivity index (χ4v) is 3.99. The summed E-state index contributed by atoms with van der Waals surface area (Å²) in [7, 11) is 0. The van der Waals surface area contributed by atoms with E-state index >= 15 is 0 Å². The number of anilines is 1. The first kappa shape index (κ1) is 19.2. The molecule has 0 saturated carbocycles. The van der Waals surface area contributed by atoms with Crippen molar-refractivity contribution < 1.29 is 19.4 Å². The van der Waals surface area contributed by atoms with Gasteiger partial charge in [0, 0.05) is 23.9 Å². The number of carbonyl (C=O) groups excluding carboxylic acids is 2.